The van der Waals surface area contributed by atoms with E-state index in [1.54, 1.807) is 38.1 Å². The molecule has 0 aromatic heterocycles. The van der Waals surface area contributed by atoms with Crippen molar-refractivity contribution in [2.75, 3.05) is 24.7 Å². The lowest BCUT2D eigenvalue weighted by atomic mass is 9.99. The van der Waals surface area contributed by atoms with E-state index in [4.69, 9.17) is 14.2 Å². The lowest BCUT2D eigenvalue weighted by Gasteiger charge is -2.15. The van der Waals surface area contributed by atoms with Crippen LogP contribution in [0.15, 0.2) is 77.7 Å². The van der Waals surface area contributed by atoms with Gasteiger partial charge in [0.05, 0.1) is 48.0 Å². The van der Waals surface area contributed by atoms with Crippen molar-refractivity contribution in [3.8, 4) is 17.2 Å². The highest BCUT2D eigenvalue weighted by atomic mass is 32.2. The van der Waals surface area contributed by atoms with Crippen molar-refractivity contribution >= 4 is 44.2 Å². The topological polar surface area (TPSA) is 128 Å². The number of ether oxygens (including phenoxy) is 3. The molecule has 1 heterocycles. The van der Waals surface area contributed by atoms with Crippen LogP contribution < -0.4 is 23.8 Å². The monoisotopic (exact) mass is 630 g/mol. The average Bonchev–Trinajstić information content (AvgIpc) is 3.28. The lowest BCUT2D eigenvalue weighted by Crippen LogP contribution is -2.32. The number of carbonyl (C=O) groups is 3. The maximum atomic E-state index is 13.8. The molecule has 4 aromatic carbocycles. The normalized spacial score (nSPS) is 12.7. The molecule has 0 fully saturated rings. The smallest absolute Gasteiger partial charge is 0.270 e. The van der Waals surface area contributed by atoms with Crippen LogP contribution in [0.5, 0.6) is 17.2 Å². The highest BCUT2D eigenvalue weighted by Crippen LogP contribution is 2.46. The third kappa shape index (κ3) is 6.34. The zero-order valence-corrected chi connectivity index (χ0v) is 26.1. The molecule has 5 rings (SSSR count). The van der Waals surface area contributed by atoms with Gasteiger partial charge in [0.25, 0.3) is 21.8 Å². The van der Waals surface area contributed by atoms with E-state index in [9.17, 15) is 22.8 Å². The molecule has 0 spiro atoms. The van der Waals surface area contributed by atoms with Gasteiger partial charge in [-0.25, -0.2) is 18.0 Å². The third-order valence-corrected chi connectivity index (χ3v) is 8.63. The van der Waals surface area contributed by atoms with Gasteiger partial charge in [0, 0.05) is 10.8 Å². The summed E-state index contributed by atoms with van der Waals surface area (Å²) in [6.07, 6.45) is 1.62. The molecule has 1 aliphatic heterocycles. The molecule has 0 atom stereocenters. The number of amides is 3. The largest absolute Gasteiger partial charge is 0.494 e. The van der Waals surface area contributed by atoms with Crippen molar-refractivity contribution in [3.63, 3.8) is 0 Å². The Kier molecular flexibility index (Phi) is 9.38. The molecule has 0 unspecified atom stereocenters. The first kappa shape index (κ1) is 31.5. The van der Waals surface area contributed by atoms with E-state index in [2.05, 4.69) is 4.72 Å². The van der Waals surface area contributed by atoms with Crippen LogP contribution in [0.1, 0.15) is 59.9 Å². The third-order valence-electron chi connectivity index (χ3n) is 7.24. The average molecular weight is 631 g/mol. The fourth-order valence-corrected chi connectivity index (χ4v) is 6.15. The standard InChI is InChI=1S/C34H34N2O8S/c1-4-7-20-44-24-16-18-25(19-17-24)45(40,41)35-28(37)21-22-12-14-23(15-13-22)36-33(38)29-30(34(36)39)32(43-6-3)27-11-9-8-10-26(27)31(29)42-5-2/h8-19H,4-7,20-21H2,1-3H3,(H,35,37). The van der Waals surface area contributed by atoms with Crippen molar-refractivity contribution < 1.29 is 37.0 Å². The molecule has 4 aromatic rings. The molecule has 234 valence electrons. The second-order valence-corrected chi connectivity index (χ2v) is 12.0. The number of imide groups is 1. The lowest BCUT2D eigenvalue weighted by molar-refractivity contribution is -0.118. The molecule has 1 N–H and O–H groups in total. The first-order valence-electron chi connectivity index (χ1n) is 14.8. The van der Waals surface area contributed by atoms with E-state index >= 15 is 0 Å². The van der Waals surface area contributed by atoms with Crippen molar-refractivity contribution in [2.24, 2.45) is 0 Å². The van der Waals surface area contributed by atoms with Crippen LogP contribution in [-0.4, -0.2) is 46.0 Å². The number of sulfonamides is 1. The number of carbonyl (C=O) groups excluding carboxylic acids is 3. The fraction of sp³-hybridized carbons (Fsp3) is 0.265. The summed E-state index contributed by atoms with van der Waals surface area (Å²) in [4.78, 5) is 41.2. The Hall–Kier alpha value is -4.90. The van der Waals surface area contributed by atoms with Crippen molar-refractivity contribution in [3.05, 3.63) is 89.5 Å². The number of hydrogen-bond acceptors (Lipinski definition) is 8. The summed E-state index contributed by atoms with van der Waals surface area (Å²) in [6, 6.07) is 19.4. The quantitative estimate of drug-likeness (QED) is 0.148. The zero-order chi connectivity index (χ0) is 32.1. The molecular formula is C34H34N2O8S. The van der Waals surface area contributed by atoms with E-state index in [-0.39, 0.29) is 41.3 Å². The number of benzene rings is 4. The van der Waals surface area contributed by atoms with Crippen LogP contribution in [-0.2, 0) is 21.2 Å². The SMILES string of the molecule is CCCCOc1ccc(S(=O)(=O)NC(=O)Cc2ccc(N3C(=O)c4c(c(OCC)c5ccccc5c4OCC)C3=O)cc2)cc1. The summed E-state index contributed by atoms with van der Waals surface area (Å²) in [5.41, 5.74) is 1.04. The predicted octanol–water partition coefficient (Wildman–Crippen LogP) is 5.66. The Labute approximate surface area is 261 Å². The zero-order valence-electron chi connectivity index (χ0n) is 25.3. The number of hydrogen-bond donors (Lipinski definition) is 1. The summed E-state index contributed by atoms with van der Waals surface area (Å²) < 4.78 is 45.0. The minimum Gasteiger partial charge on any atom is -0.494 e. The van der Waals surface area contributed by atoms with Crippen LogP contribution in [0, 0.1) is 0 Å². The molecule has 10 nitrogen and oxygen atoms in total. The van der Waals surface area contributed by atoms with Gasteiger partial charge in [-0.05, 0) is 62.2 Å². The Morgan fingerprint density at radius 3 is 1.82 bits per heavy atom. The Bertz CT molecular complexity index is 1790. The van der Waals surface area contributed by atoms with Crippen LogP contribution in [0.25, 0.3) is 10.8 Å². The maximum absolute atomic E-state index is 13.8. The second kappa shape index (κ2) is 13.4. The number of fused-ring (bicyclic) bond motifs is 2. The number of nitrogens with zero attached hydrogens (tertiary/aromatic N) is 1. The van der Waals surface area contributed by atoms with Crippen molar-refractivity contribution in [2.45, 2.75) is 44.9 Å². The molecule has 0 radical (unpaired) electrons. The minimum atomic E-state index is -4.10. The van der Waals surface area contributed by atoms with Crippen molar-refractivity contribution in [1.82, 2.24) is 4.72 Å². The number of rotatable bonds is 13. The van der Waals surface area contributed by atoms with Crippen LogP contribution in [0.4, 0.5) is 5.69 Å². The molecule has 0 saturated heterocycles. The Balaban J connectivity index is 1.34. The summed E-state index contributed by atoms with van der Waals surface area (Å²) in [5.74, 6) is -0.655. The van der Waals surface area contributed by atoms with E-state index in [0.29, 0.717) is 40.2 Å². The van der Waals surface area contributed by atoms with E-state index < -0.39 is 27.7 Å². The van der Waals surface area contributed by atoms with Crippen LogP contribution >= 0.6 is 0 Å². The van der Waals surface area contributed by atoms with E-state index in [0.717, 1.165) is 17.7 Å². The highest BCUT2D eigenvalue weighted by molar-refractivity contribution is 7.90. The summed E-state index contributed by atoms with van der Waals surface area (Å²) in [6.45, 7) is 6.76. The van der Waals surface area contributed by atoms with E-state index in [1.165, 1.54) is 24.3 Å². The van der Waals surface area contributed by atoms with Gasteiger partial charge in [0.15, 0.2) is 0 Å². The maximum Gasteiger partial charge on any atom is 0.270 e. The number of anilines is 1. The number of unbranched alkanes of at least 4 members (excludes halogenated alkanes) is 1. The molecular weight excluding hydrogens is 596 g/mol. The fourth-order valence-electron chi connectivity index (χ4n) is 5.17. The molecule has 0 bridgehead atoms. The van der Waals surface area contributed by atoms with Gasteiger partial charge in [0.2, 0.25) is 5.91 Å². The Morgan fingerprint density at radius 2 is 1.31 bits per heavy atom. The predicted molar refractivity (Wildman–Crippen MR) is 170 cm³/mol. The molecule has 0 saturated carbocycles. The molecule has 1 aliphatic rings. The Morgan fingerprint density at radius 1 is 0.756 bits per heavy atom. The summed E-state index contributed by atoms with van der Waals surface area (Å²) in [7, 11) is -4.10. The van der Waals surface area contributed by atoms with Gasteiger partial charge in [-0.1, -0.05) is 49.7 Å². The molecule has 3 amide bonds. The van der Waals surface area contributed by atoms with Gasteiger partial charge in [-0.15, -0.1) is 0 Å². The number of nitrogens with one attached hydrogen (secondary N) is 1. The molecule has 11 heteroatoms. The minimum absolute atomic E-state index is 0.0647. The van der Waals surface area contributed by atoms with Gasteiger partial charge in [0.1, 0.15) is 17.2 Å². The van der Waals surface area contributed by atoms with Gasteiger partial charge in [-0.2, -0.15) is 0 Å². The highest BCUT2D eigenvalue weighted by Gasteiger charge is 2.43. The van der Waals surface area contributed by atoms with Gasteiger partial charge < -0.3 is 14.2 Å². The summed E-state index contributed by atoms with van der Waals surface area (Å²) >= 11 is 0. The summed E-state index contributed by atoms with van der Waals surface area (Å²) in [5, 5.41) is 1.33. The van der Waals surface area contributed by atoms with E-state index in [1.807, 2.05) is 31.2 Å². The first-order valence-corrected chi connectivity index (χ1v) is 16.3. The van der Waals surface area contributed by atoms with Gasteiger partial charge >= 0.3 is 0 Å². The van der Waals surface area contributed by atoms with Crippen molar-refractivity contribution in [1.29, 1.82) is 0 Å². The van der Waals surface area contributed by atoms with Gasteiger partial charge in [-0.3, -0.25) is 14.4 Å². The molecule has 0 aliphatic carbocycles. The molecule has 45 heavy (non-hydrogen) atoms. The van der Waals surface area contributed by atoms with Crippen LogP contribution in [0.3, 0.4) is 0 Å². The van der Waals surface area contributed by atoms with Crippen LogP contribution in [0.2, 0.25) is 0 Å². The second-order valence-electron chi connectivity index (χ2n) is 10.3. The first-order chi connectivity index (χ1) is 21.7.